The molecule has 1 aliphatic heterocycles. The number of amides is 1. The molecule has 2 aromatic rings. The van der Waals surface area contributed by atoms with Gasteiger partial charge < -0.3 is 14.8 Å². The van der Waals surface area contributed by atoms with Crippen molar-refractivity contribution < 1.29 is 14.3 Å². The van der Waals surface area contributed by atoms with E-state index in [2.05, 4.69) is 36.2 Å². The normalized spacial score (nSPS) is 14.9. The molecule has 0 spiro atoms. The van der Waals surface area contributed by atoms with E-state index < -0.39 is 0 Å². The molecule has 0 radical (unpaired) electrons. The predicted molar refractivity (Wildman–Crippen MR) is 107 cm³/mol. The van der Waals surface area contributed by atoms with Gasteiger partial charge in [0.25, 0.3) is 5.91 Å². The molecule has 0 bridgehead atoms. The first-order valence-corrected chi connectivity index (χ1v) is 9.52. The Hall–Kier alpha value is -2.37. The molecule has 0 saturated carbocycles. The highest BCUT2D eigenvalue weighted by atomic mass is 16.5. The van der Waals surface area contributed by atoms with Gasteiger partial charge in [-0.15, -0.1) is 0 Å². The van der Waals surface area contributed by atoms with Crippen LogP contribution in [0.5, 0.6) is 5.75 Å². The summed E-state index contributed by atoms with van der Waals surface area (Å²) in [6.45, 7) is 8.74. The number of nitrogens with one attached hydrogen (secondary N) is 1. The maximum Gasteiger partial charge on any atom is 0.262 e. The minimum absolute atomic E-state index is 0.00342. The van der Waals surface area contributed by atoms with Crippen molar-refractivity contribution in [1.82, 2.24) is 4.90 Å². The Labute approximate surface area is 161 Å². The molecule has 1 aliphatic rings. The molecule has 3 rings (SSSR count). The SMILES string of the molecule is CC(C)c1ccc(OCC(=O)Nc2ccc(CN3CCOCC3)cc2)cc1. The van der Waals surface area contributed by atoms with Gasteiger partial charge in [-0.05, 0) is 41.3 Å². The van der Waals surface area contributed by atoms with Crippen molar-refractivity contribution in [3.05, 3.63) is 59.7 Å². The quantitative estimate of drug-likeness (QED) is 0.810. The van der Waals surface area contributed by atoms with Crippen LogP contribution in [0.4, 0.5) is 5.69 Å². The molecule has 5 heteroatoms. The number of nitrogens with zero attached hydrogens (tertiary/aromatic N) is 1. The highest BCUT2D eigenvalue weighted by Gasteiger charge is 2.11. The number of hydrogen-bond acceptors (Lipinski definition) is 4. The lowest BCUT2D eigenvalue weighted by Crippen LogP contribution is -2.35. The van der Waals surface area contributed by atoms with Crippen molar-refractivity contribution in [2.75, 3.05) is 38.2 Å². The van der Waals surface area contributed by atoms with Crippen LogP contribution in [0.1, 0.15) is 30.9 Å². The number of carbonyl (C=O) groups is 1. The smallest absolute Gasteiger partial charge is 0.262 e. The van der Waals surface area contributed by atoms with Gasteiger partial charge in [0.2, 0.25) is 0 Å². The summed E-state index contributed by atoms with van der Waals surface area (Å²) >= 11 is 0. The van der Waals surface area contributed by atoms with Gasteiger partial charge in [0.05, 0.1) is 13.2 Å². The summed E-state index contributed by atoms with van der Waals surface area (Å²) in [7, 11) is 0. The minimum atomic E-state index is -0.163. The fourth-order valence-corrected chi connectivity index (χ4v) is 3.01. The van der Waals surface area contributed by atoms with Crippen LogP contribution in [-0.4, -0.2) is 43.7 Å². The third-order valence-electron chi connectivity index (χ3n) is 4.66. The van der Waals surface area contributed by atoms with E-state index >= 15 is 0 Å². The Morgan fingerprint density at radius 1 is 1.07 bits per heavy atom. The first-order valence-electron chi connectivity index (χ1n) is 9.52. The Kier molecular flexibility index (Phi) is 6.85. The average Bonchev–Trinajstić information content (AvgIpc) is 2.69. The van der Waals surface area contributed by atoms with Gasteiger partial charge in [-0.1, -0.05) is 38.1 Å². The first-order chi connectivity index (χ1) is 13.1. The van der Waals surface area contributed by atoms with Crippen LogP contribution in [0.2, 0.25) is 0 Å². The molecule has 1 amide bonds. The lowest BCUT2D eigenvalue weighted by Gasteiger charge is -2.26. The molecule has 1 N–H and O–H groups in total. The second-order valence-corrected chi connectivity index (χ2v) is 7.15. The number of carbonyl (C=O) groups excluding carboxylic acids is 1. The number of ether oxygens (including phenoxy) is 2. The second kappa shape index (κ2) is 9.53. The van der Waals surface area contributed by atoms with Crippen molar-refractivity contribution in [1.29, 1.82) is 0 Å². The van der Waals surface area contributed by atoms with Crippen molar-refractivity contribution in [2.24, 2.45) is 0 Å². The highest BCUT2D eigenvalue weighted by molar-refractivity contribution is 5.91. The van der Waals surface area contributed by atoms with E-state index in [9.17, 15) is 4.79 Å². The molecule has 2 aromatic carbocycles. The van der Waals surface area contributed by atoms with Crippen LogP contribution in [-0.2, 0) is 16.1 Å². The number of anilines is 1. The van der Waals surface area contributed by atoms with Gasteiger partial charge in [0.1, 0.15) is 5.75 Å². The summed E-state index contributed by atoms with van der Waals surface area (Å²) in [6.07, 6.45) is 0. The van der Waals surface area contributed by atoms with E-state index in [1.807, 2.05) is 36.4 Å². The number of rotatable bonds is 7. The molecule has 27 heavy (non-hydrogen) atoms. The molecule has 0 unspecified atom stereocenters. The molecule has 0 aromatic heterocycles. The lowest BCUT2D eigenvalue weighted by atomic mass is 10.0. The maximum absolute atomic E-state index is 12.1. The van der Waals surface area contributed by atoms with Gasteiger partial charge in [-0.2, -0.15) is 0 Å². The van der Waals surface area contributed by atoms with Crippen molar-refractivity contribution in [3.8, 4) is 5.75 Å². The molecule has 0 aliphatic carbocycles. The van der Waals surface area contributed by atoms with E-state index in [1.54, 1.807) is 0 Å². The van der Waals surface area contributed by atoms with Gasteiger partial charge >= 0.3 is 0 Å². The average molecular weight is 368 g/mol. The fourth-order valence-electron chi connectivity index (χ4n) is 3.01. The van der Waals surface area contributed by atoms with Gasteiger partial charge in [0, 0.05) is 25.3 Å². The molecule has 1 fully saturated rings. The van der Waals surface area contributed by atoms with Crippen LogP contribution in [0, 0.1) is 0 Å². The van der Waals surface area contributed by atoms with Crippen LogP contribution < -0.4 is 10.1 Å². The van der Waals surface area contributed by atoms with Gasteiger partial charge in [-0.25, -0.2) is 0 Å². The first kappa shape index (κ1) is 19.4. The predicted octanol–water partition coefficient (Wildman–Crippen LogP) is 3.66. The monoisotopic (exact) mass is 368 g/mol. The summed E-state index contributed by atoms with van der Waals surface area (Å²) in [4.78, 5) is 14.5. The lowest BCUT2D eigenvalue weighted by molar-refractivity contribution is -0.118. The third kappa shape index (κ3) is 6.08. The Bertz CT molecular complexity index is 720. The van der Waals surface area contributed by atoms with E-state index in [0.717, 1.165) is 38.5 Å². The van der Waals surface area contributed by atoms with Crippen LogP contribution in [0.15, 0.2) is 48.5 Å². The number of morpholine rings is 1. The second-order valence-electron chi connectivity index (χ2n) is 7.15. The number of benzene rings is 2. The molecule has 1 saturated heterocycles. The third-order valence-corrected chi connectivity index (χ3v) is 4.66. The van der Waals surface area contributed by atoms with E-state index in [4.69, 9.17) is 9.47 Å². The molecule has 5 nitrogen and oxygen atoms in total. The Morgan fingerprint density at radius 3 is 2.37 bits per heavy atom. The highest BCUT2D eigenvalue weighted by Crippen LogP contribution is 2.18. The summed E-state index contributed by atoms with van der Waals surface area (Å²) in [6, 6.07) is 15.9. The van der Waals surface area contributed by atoms with Gasteiger partial charge in [0.15, 0.2) is 6.61 Å². The molecule has 1 heterocycles. The maximum atomic E-state index is 12.1. The molecular weight excluding hydrogens is 340 g/mol. The summed E-state index contributed by atoms with van der Waals surface area (Å²) < 4.78 is 10.9. The summed E-state index contributed by atoms with van der Waals surface area (Å²) in [5.41, 5.74) is 3.27. The van der Waals surface area contributed by atoms with Gasteiger partial charge in [-0.3, -0.25) is 9.69 Å². The van der Waals surface area contributed by atoms with Crippen molar-refractivity contribution >= 4 is 11.6 Å². The van der Waals surface area contributed by atoms with Crippen LogP contribution >= 0.6 is 0 Å². The van der Waals surface area contributed by atoms with E-state index in [1.165, 1.54) is 11.1 Å². The largest absolute Gasteiger partial charge is 0.484 e. The molecular formula is C22H28N2O3. The van der Waals surface area contributed by atoms with Crippen LogP contribution in [0.25, 0.3) is 0 Å². The topological polar surface area (TPSA) is 50.8 Å². The van der Waals surface area contributed by atoms with Crippen molar-refractivity contribution in [2.45, 2.75) is 26.3 Å². The molecule has 144 valence electrons. The Morgan fingerprint density at radius 2 is 1.74 bits per heavy atom. The summed E-state index contributed by atoms with van der Waals surface area (Å²) in [5, 5.41) is 2.88. The standard InChI is InChI=1S/C22H28N2O3/c1-17(2)19-5-9-21(10-6-19)27-16-22(25)23-20-7-3-18(4-8-20)15-24-11-13-26-14-12-24/h3-10,17H,11-16H2,1-2H3,(H,23,25). The van der Waals surface area contributed by atoms with E-state index in [0.29, 0.717) is 11.7 Å². The molecule has 0 atom stereocenters. The zero-order valence-electron chi connectivity index (χ0n) is 16.1. The Balaban J connectivity index is 1.44. The van der Waals surface area contributed by atoms with E-state index in [-0.39, 0.29) is 12.5 Å². The number of hydrogen-bond donors (Lipinski definition) is 1. The minimum Gasteiger partial charge on any atom is -0.484 e. The van der Waals surface area contributed by atoms with Crippen LogP contribution in [0.3, 0.4) is 0 Å². The summed E-state index contributed by atoms with van der Waals surface area (Å²) in [5.74, 6) is 1.02. The van der Waals surface area contributed by atoms with Crippen molar-refractivity contribution in [3.63, 3.8) is 0 Å². The zero-order valence-corrected chi connectivity index (χ0v) is 16.1. The zero-order chi connectivity index (χ0) is 19.1. The fraction of sp³-hybridized carbons (Fsp3) is 0.409.